The van der Waals surface area contributed by atoms with Crippen LogP contribution in [0.3, 0.4) is 0 Å². The Labute approximate surface area is 84.7 Å². The van der Waals surface area contributed by atoms with Crippen molar-refractivity contribution in [3.63, 3.8) is 0 Å². The SMILES string of the molecule is Nc1snnc1COc1cccnc1. The maximum Gasteiger partial charge on any atom is 0.138 e. The highest BCUT2D eigenvalue weighted by Crippen LogP contribution is 2.15. The molecule has 72 valence electrons. The summed E-state index contributed by atoms with van der Waals surface area (Å²) in [5.41, 5.74) is 6.27. The molecule has 0 unspecified atom stereocenters. The first-order valence-corrected chi connectivity index (χ1v) is 4.73. The Morgan fingerprint density at radius 2 is 2.43 bits per heavy atom. The van der Waals surface area contributed by atoms with Gasteiger partial charge in [0.05, 0.1) is 6.20 Å². The van der Waals surface area contributed by atoms with Gasteiger partial charge >= 0.3 is 0 Å². The van der Waals surface area contributed by atoms with Gasteiger partial charge in [0.1, 0.15) is 23.1 Å². The molecule has 0 aliphatic rings. The molecule has 6 heteroatoms. The smallest absolute Gasteiger partial charge is 0.138 e. The zero-order valence-electron chi connectivity index (χ0n) is 7.25. The number of nitrogens with two attached hydrogens (primary N) is 1. The molecule has 0 atom stereocenters. The van der Waals surface area contributed by atoms with E-state index in [1.807, 2.05) is 6.07 Å². The second-order valence-electron chi connectivity index (χ2n) is 2.56. The number of nitrogens with zero attached hydrogens (tertiary/aromatic N) is 3. The molecular weight excluding hydrogens is 200 g/mol. The Kier molecular flexibility index (Phi) is 2.55. The number of aromatic nitrogens is 3. The zero-order valence-corrected chi connectivity index (χ0v) is 8.07. The van der Waals surface area contributed by atoms with Gasteiger partial charge in [0.15, 0.2) is 0 Å². The molecule has 2 N–H and O–H groups in total. The van der Waals surface area contributed by atoms with Gasteiger partial charge in [-0.25, -0.2) is 0 Å². The monoisotopic (exact) mass is 208 g/mol. The van der Waals surface area contributed by atoms with Crippen molar-refractivity contribution in [2.24, 2.45) is 0 Å². The van der Waals surface area contributed by atoms with Crippen LogP contribution >= 0.6 is 11.5 Å². The van der Waals surface area contributed by atoms with Gasteiger partial charge in [-0.3, -0.25) is 4.98 Å². The quantitative estimate of drug-likeness (QED) is 0.817. The van der Waals surface area contributed by atoms with E-state index in [1.165, 1.54) is 0 Å². The lowest BCUT2D eigenvalue weighted by Gasteiger charge is -2.02. The third-order valence-corrected chi connectivity index (χ3v) is 2.19. The second-order valence-corrected chi connectivity index (χ2v) is 3.35. The van der Waals surface area contributed by atoms with Crippen LogP contribution in [0, 0.1) is 0 Å². The van der Waals surface area contributed by atoms with Crippen molar-refractivity contribution in [1.29, 1.82) is 0 Å². The van der Waals surface area contributed by atoms with Gasteiger partial charge < -0.3 is 10.5 Å². The third kappa shape index (κ3) is 1.97. The molecule has 0 aliphatic carbocycles. The fourth-order valence-corrected chi connectivity index (χ4v) is 1.33. The fraction of sp³-hybridized carbons (Fsp3) is 0.125. The maximum absolute atomic E-state index is 5.60. The van der Waals surface area contributed by atoms with Crippen LogP contribution in [-0.4, -0.2) is 14.6 Å². The molecule has 0 aliphatic heterocycles. The second kappa shape index (κ2) is 4.01. The highest BCUT2D eigenvalue weighted by Gasteiger charge is 2.04. The molecule has 0 bridgehead atoms. The van der Waals surface area contributed by atoms with Crippen molar-refractivity contribution < 1.29 is 4.74 Å². The highest BCUT2D eigenvalue weighted by molar-refractivity contribution is 7.09. The van der Waals surface area contributed by atoms with Crippen LogP contribution in [0.4, 0.5) is 5.00 Å². The molecule has 0 amide bonds. The first kappa shape index (κ1) is 8.89. The van der Waals surface area contributed by atoms with Crippen molar-refractivity contribution in [1.82, 2.24) is 14.6 Å². The summed E-state index contributed by atoms with van der Waals surface area (Å²) in [6.45, 7) is 0.327. The Morgan fingerprint density at radius 1 is 1.50 bits per heavy atom. The van der Waals surface area contributed by atoms with Gasteiger partial charge in [-0.2, -0.15) is 0 Å². The summed E-state index contributed by atoms with van der Waals surface area (Å²) in [6, 6.07) is 3.63. The minimum Gasteiger partial charge on any atom is -0.485 e. The molecule has 0 aromatic carbocycles. The van der Waals surface area contributed by atoms with Crippen LogP contribution in [0.2, 0.25) is 0 Å². The molecule has 2 rings (SSSR count). The minimum absolute atomic E-state index is 0.327. The van der Waals surface area contributed by atoms with Crippen LogP contribution in [0.1, 0.15) is 5.69 Å². The third-order valence-electron chi connectivity index (χ3n) is 1.60. The molecule has 2 heterocycles. The maximum atomic E-state index is 5.60. The van der Waals surface area contributed by atoms with Crippen LogP contribution < -0.4 is 10.5 Å². The predicted octanol–water partition coefficient (Wildman–Crippen LogP) is 1.09. The lowest BCUT2D eigenvalue weighted by molar-refractivity contribution is 0.300. The topological polar surface area (TPSA) is 73.9 Å². The van der Waals surface area contributed by atoms with Crippen LogP contribution in [0.15, 0.2) is 24.5 Å². The Morgan fingerprint density at radius 3 is 3.07 bits per heavy atom. The van der Waals surface area contributed by atoms with E-state index >= 15 is 0 Å². The van der Waals surface area contributed by atoms with Gasteiger partial charge in [-0.1, -0.05) is 4.49 Å². The number of rotatable bonds is 3. The first-order chi connectivity index (χ1) is 6.86. The number of anilines is 1. The first-order valence-electron chi connectivity index (χ1n) is 3.96. The molecule has 0 saturated heterocycles. The lowest BCUT2D eigenvalue weighted by atomic mass is 10.4. The van der Waals surface area contributed by atoms with Crippen LogP contribution in [0.25, 0.3) is 0 Å². The molecular formula is C8H8N4OS. The van der Waals surface area contributed by atoms with E-state index < -0.39 is 0 Å². The fourth-order valence-electron chi connectivity index (χ4n) is 0.900. The average Bonchev–Trinajstić information content (AvgIpc) is 2.63. The summed E-state index contributed by atoms with van der Waals surface area (Å²) in [6.07, 6.45) is 3.32. The van der Waals surface area contributed by atoms with E-state index in [4.69, 9.17) is 10.5 Å². The normalized spacial score (nSPS) is 10.0. The van der Waals surface area contributed by atoms with Crippen molar-refractivity contribution in [3.8, 4) is 5.75 Å². The minimum atomic E-state index is 0.327. The Balaban J connectivity index is 1.99. The summed E-state index contributed by atoms with van der Waals surface area (Å²) in [5, 5.41) is 4.42. The van der Waals surface area contributed by atoms with Gasteiger partial charge in [-0.05, 0) is 12.1 Å². The molecule has 0 saturated carbocycles. The number of ether oxygens (including phenoxy) is 1. The van der Waals surface area contributed by atoms with E-state index in [2.05, 4.69) is 14.6 Å². The summed E-state index contributed by atoms with van der Waals surface area (Å²) in [4.78, 5) is 3.92. The Bertz CT molecular complexity index is 403. The molecule has 14 heavy (non-hydrogen) atoms. The van der Waals surface area contributed by atoms with Crippen LogP contribution in [-0.2, 0) is 6.61 Å². The van der Waals surface area contributed by atoms with E-state index in [0.717, 1.165) is 11.5 Å². The van der Waals surface area contributed by atoms with Gasteiger partial charge in [0, 0.05) is 17.7 Å². The van der Waals surface area contributed by atoms with Crippen molar-refractivity contribution in [2.75, 3.05) is 5.73 Å². The number of nitrogen functional groups attached to an aromatic ring is 1. The molecule has 2 aromatic rings. The zero-order chi connectivity index (χ0) is 9.80. The molecule has 5 nitrogen and oxygen atoms in total. The van der Waals surface area contributed by atoms with Crippen molar-refractivity contribution in [2.45, 2.75) is 6.61 Å². The standard InChI is InChI=1S/C8H8N4OS/c9-8-7(11-12-14-8)5-13-6-2-1-3-10-4-6/h1-4H,5,9H2. The lowest BCUT2D eigenvalue weighted by Crippen LogP contribution is -1.99. The molecule has 0 spiro atoms. The van der Waals surface area contributed by atoms with Gasteiger partial charge in [0.25, 0.3) is 0 Å². The summed E-state index contributed by atoms with van der Waals surface area (Å²) < 4.78 is 9.10. The predicted molar refractivity (Wildman–Crippen MR) is 52.9 cm³/mol. The number of pyridine rings is 1. The number of hydrogen-bond acceptors (Lipinski definition) is 6. The highest BCUT2D eigenvalue weighted by atomic mass is 32.1. The van der Waals surface area contributed by atoms with E-state index in [9.17, 15) is 0 Å². The molecule has 0 fully saturated rings. The van der Waals surface area contributed by atoms with E-state index in [1.54, 1.807) is 18.5 Å². The van der Waals surface area contributed by atoms with Crippen molar-refractivity contribution >= 4 is 16.5 Å². The number of hydrogen-bond donors (Lipinski definition) is 1. The summed E-state index contributed by atoms with van der Waals surface area (Å²) in [7, 11) is 0. The van der Waals surface area contributed by atoms with Gasteiger partial charge in [0.2, 0.25) is 0 Å². The van der Waals surface area contributed by atoms with E-state index in [-0.39, 0.29) is 0 Å². The molecule has 2 aromatic heterocycles. The summed E-state index contributed by atoms with van der Waals surface area (Å²) in [5.74, 6) is 0.694. The van der Waals surface area contributed by atoms with Gasteiger partial charge in [-0.15, -0.1) is 5.10 Å². The molecule has 0 radical (unpaired) electrons. The van der Waals surface area contributed by atoms with E-state index in [0.29, 0.717) is 23.1 Å². The Hall–Kier alpha value is -1.69. The largest absolute Gasteiger partial charge is 0.485 e. The summed E-state index contributed by atoms with van der Waals surface area (Å²) >= 11 is 1.16. The average molecular weight is 208 g/mol. The van der Waals surface area contributed by atoms with Crippen LogP contribution in [0.5, 0.6) is 5.75 Å². The van der Waals surface area contributed by atoms with Crippen molar-refractivity contribution in [3.05, 3.63) is 30.2 Å².